The maximum Gasteiger partial charge on any atom is 0.413 e. The summed E-state index contributed by atoms with van der Waals surface area (Å²) in [4.78, 5) is 21.3. The van der Waals surface area contributed by atoms with E-state index in [1.165, 1.54) is 5.01 Å². The predicted octanol–water partition coefficient (Wildman–Crippen LogP) is 3.91. The minimum Gasteiger partial charge on any atom is -0.458 e. The minimum absolute atomic E-state index is 0.0555. The summed E-state index contributed by atoms with van der Waals surface area (Å²) in [6, 6.07) is 21.1. The topological polar surface area (TPSA) is 146 Å². The smallest absolute Gasteiger partial charge is 0.413 e. The molecule has 37 heavy (non-hydrogen) atoms. The van der Waals surface area contributed by atoms with Crippen molar-refractivity contribution in [1.29, 1.82) is 0 Å². The lowest BCUT2D eigenvalue weighted by Gasteiger charge is -2.19. The van der Waals surface area contributed by atoms with Gasteiger partial charge in [-0.3, -0.25) is 10.3 Å². The van der Waals surface area contributed by atoms with Crippen molar-refractivity contribution in [2.75, 3.05) is 12.4 Å². The third-order valence-corrected chi connectivity index (χ3v) is 5.16. The first-order valence-electron chi connectivity index (χ1n) is 11.6. The second-order valence-corrected chi connectivity index (χ2v) is 9.24. The van der Waals surface area contributed by atoms with Crippen LogP contribution in [0.5, 0.6) is 6.01 Å². The van der Waals surface area contributed by atoms with Crippen LogP contribution in [0.4, 0.5) is 10.6 Å². The molecule has 0 aliphatic carbocycles. The second kappa shape index (κ2) is 10.5. The normalized spacial score (nSPS) is 11.9. The number of hydrazine groups is 1. The van der Waals surface area contributed by atoms with Gasteiger partial charge in [0.25, 0.3) is 0 Å². The maximum absolute atomic E-state index is 12.1. The van der Waals surface area contributed by atoms with Crippen molar-refractivity contribution < 1.29 is 14.3 Å². The van der Waals surface area contributed by atoms with E-state index in [2.05, 4.69) is 15.4 Å². The van der Waals surface area contributed by atoms with Crippen LogP contribution in [-0.4, -0.2) is 44.2 Å². The first kappa shape index (κ1) is 25.5. The number of nitrogens with one attached hydrogen (secondary N) is 1. The first-order valence-corrected chi connectivity index (χ1v) is 11.6. The van der Waals surface area contributed by atoms with Crippen molar-refractivity contribution in [3.8, 4) is 17.1 Å². The van der Waals surface area contributed by atoms with Gasteiger partial charge in [0.1, 0.15) is 23.5 Å². The Morgan fingerprint density at radius 1 is 1.05 bits per heavy atom. The zero-order valence-corrected chi connectivity index (χ0v) is 21.2. The van der Waals surface area contributed by atoms with Crippen LogP contribution in [0.3, 0.4) is 0 Å². The van der Waals surface area contributed by atoms with Gasteiger partial charge in [0, 0.05) is 12.6 Å². The molecule has 0 saturated carbocycles. The molecule has 0 unspecified atom stereocenters. The molecule has 0 aliphatic rings. The van der Waals surface area contributed by atoms with E-state index >= 15 is 0 Å². The lowest BCUT2D eigenvalue weighted by atomic mass is 10.0. The first-order chi connectivity index (χ1) is 17.7. The van der Waals surface area contributed by atoms with Gasteiger partial charge in [0.15, 0.2) is 0 Å². The molecule has 0 aliphatic heterocycles. The number of pyridine rings is 1. The molecule has 0 radical (unpaired) electrons. The SMILES string of the molecule is CN(N)/C(=N\N)n1c(OCc2cccc(NC(=O)OC(C)(C)C)n2)nc2c(-c3ccccc3)cccc21. The predicted molar refractivity (Wildman–Crippen MR) is 143 cm³/mol. The van der Waals surface area contributed by atoms with Crippen LogP contribution in [-0.2, 0) is 11.3 Å². The van der Waals surface area contributed by atoms with E-state index in [0.717, 1.165) is 11.1 Å². The number of benzene rings is 2. The number of rotatable bonds is 5. The van der Waals surface area contributed by atoms with Gasteiger partial charge in [-0.1, -0.05) is 48.5 Å². The molecule has 5 N–H and O–H groups in total. The highest BCUT2D eigenvalue weighted by atomic mass is 16.6. The van der Waals surface area contributed by atoms with Gasteiger partial charge in [-0.15, -0.1) is 5.10 Å². The fourth-order valence-electron chi connectivity index (χ4n) is 3.70. The van der Waals surface area contributed by atoms with Crippen LogP contribution in [0.25, 0.3) is 22.2 Å². The Kier molecular flexibility index (Phi) is 7.25. The number of imidazole rings is 1. The molecule has 4 aromatic rings. The van der Waals surface area contributed by atoms with Crippen molar-refractivity contribution in [2.45, 2.75) is 33.0 Å². The number of fused-ring (bicyclic) bond motifs is 1. The number of anilines is 1. The zero-order chi connectivity index (χ0) is 26.6. The van der Waals surface area contributed by atoms with Gasteiger partial charge in [0.05, 0.1) is 11.2 Å². The van der Waals surface area contributed by atoms with E-state index in [0.29, 0.717) is 22.5 Å². The van der Waals surface area contributed by atoms with Crippen LogP contribution in [0, 0.1) is 0 Å². The number of hydrogen-bond donors (Lipinski definition) is 3. The maximum atomic E-state index is 12.1. The van der Waals surface area contributed by atoms with Crippen molar-refractivity contribution >= 4 is 28.9 Å². The fourth-order valence-corrected chi connectivity index (χ4v) is 3.70. The molecular weight excluding hydrogens is 472 g/mol. The zero-order valence-electron chi connectivity index (χ0n) is 21.2. The molecule has 11 nitrogen and oxygen atoms in total. The van der Waals surface area contributed by atoms with Crippen LogP contribution >= 0.6 is 0 Å². The fraction of sp³-hybridized carbons (Fsp3) is 0.231. The van der Waals surface area contributed by atoms with E-state index in [9.17, 15) is 4.79 Å². The molecule has 2 heterocycles. The highest BCUT2D eigenvalue weighted by molar-refractivity contribution is 5.99. The summed E-state index contributed by atoms with van der Waals surface area (Å²) in [5.41, 5.74) is 3.26. The lowest BCUT2D eigenvalue weighted by molar-refractivity contribution is 0.0635. The Morgan fingerprint density at radius 2 is 1.78 bits per heavy atom. The molecule has 0 atom stereocenters. The second-order valence-electron chi connectivity index (χ2n) is 9.24. The minimum atomic E-state index is -0.624. The van der Waals surface area contributed by atoms with Gasteiger partial charge >= 0.3 is 12.1 Å². The number of nitrogens with zero attached hydrogens (tertiary/aromatic N) is 5. The van der Waals surface area contributed by atoms with Crippen molar-refractivity contribution in [2.24, 2.45) is 16.8 Å². The van der Waals surface area contributed by atoms with Gasteiger partial charge in [0.2, 0.25) is 5.96 Å². The molecule has 0 bridgehead atoms. The Hall–Kier alpha value is -4.64. The Balaban J connectivity index is 1.67. The largest absolute Gasteiger partial charge is 0.458 e. The number of carbonyl (C=O) groups excluding carboxylic acids is 1. The lowest BCUT2D eigenvalue weighted by Crippen LogP contribution is -2.39. The summed E-state index contributed by atoms with van der Waals surface area (Å²) in [7, 11) is 1.62. The average molecular weight is 503 g/mol. The van der Waals surface area contributed by atoms with Crippen LogP contribution in [0.2, 0.25) is 0 Å². The molecule has 0 spiro atoms. The summed E-state index contributed by atoms with van der Waals surface area (Å²) in [6.07, 6.45) is -0.594. The van der Waals surface area contributed by atoms with E-state index in [1.807, 2.05) is 48.5 Å². The Morgan fingerprint density at radius 3 is 2.46 bits per heavy atom. The summed E-state index contributed by atoms with van der Waals surface area (Å²) in [5.74, 6) is 12.3. The summed E-state index contributed by atoms with van der Waals surface area (Å²) < 4.78 is 13.0. The highest BCUT2D eigenvalue weighted by Gasteiger charge is 2.21. The molecule has 192 valence electrons. The molecule has 11 heteroatoms. The van der Waals surface area contributed by atoms with E-state index in [-0.39, 0.29) is 18.6 Å². The van der Waals surface area contributed by atoms with E-state index in [4.69, 9.17) is 26.1 Å². The van der Waals surface area contributed by atoms with Gasteiger partial charge in [-0.25, -0.2) is 20.2 Å². The number of ether oxygens (including phenoxy) is 2. The number of para-hydroxylation sites is 1. The number of carbonyl (C=O) groups is 1. The molecule has 1 amide bonds. The van der Waals surface area contributed by atoms with E-state index < -0.39 is 11.7 Å². The summed E-state index contributed by atoms with van der Waals surface area (Å²) in [5, 5.41) is 7.77. The molecule has 2 aromatic heterocycles. The molecular formula is C26H30N8O3. The number of hydrazone groups is 1. The van der Waals surface area contributed by atoms with Gasteiger partial charge < -0.3 is 15.3 Å². The van der Waals surface area contributed by atoms with Crippen LogP contribution in [0.1, 0.15) is 26.5 Å². The summed E-state index contributed by atoms with van der Waals surface area (Å²) in [6.45, 7) is 5.42. The van der Waals surface area contributed by atoms with Gasteiger partial charge in [-0.05, 0) is 44.5 Å². The number of amides is 1. The van der Waals surface area contributed by atoms with E-state index in [1.54, 1.807) is 50.6 Å². The third-order valence-electron chi connectivity index (χ3n) is 5.16. The highest BCUT2D eigenvalue weighted by Crippen LogP contribution is 2.31. The van der Waals surface area contributed by atoms with Crippen molar-refractivity contribution in [3.05, 3.63) is 72.4 Å². The Labute approximate surface area is 214 Å². The quantitative estimate of drug-likeness (QED) is 0.161. The molecule has 4 rings (SSSR count). The van der Waals surface area contributed by atoms with Crippen molar-refractivity contribution in [3.63, 3.8) is 0 Å². The number of hydrogen-bond acceptors (Lipinski definition) is 8. The monoisotopic (exact) mass is 502 g/mol. The van der Waals surface area contributed by atoms with Gasteiger partial charge in [-0.2, -0.15) is 4.98 Å². The summed E-state index contributed by atoms with van der Waals surface area (Å²) >= 11 is 0. The standard InChI is InChI=1S/C26H30N8O3/c1-26(2,3)37-25(35)30-21-15-8-12-18(29-21)16-36-24-31-22-19(17-10-6-5-7-11-17)13-9-14-20(22)34(24)23(32-27)33(4)28/h5-15H,16,27-28H2,1-4H3,(H,29,30,35)/b32-23+. The van der Waals surface area contributed by atoms with Crippen molar-refractivity contribution in [1.82, 2.24) is 19.5 Å². The third kappa shape index (κ3) is 5.96. The number of aromatic nitrogens is 3. The van der Waals surface area contributed by atoms with Crippen LogP contribution < -0.4 is 21.7 Å². The van der Waals surface area contributed by atoms with Crippen LogP contribution in [0.15, 0.2) is 71.8 Å². The molecule has 2 aromatic carbocycles. The molecule has 0 saturated heterocycles. The number of nitrogens with two attached hydrogens (primary N) is 2. The molecule has 0 fully saturated rings. The average Bonchev–Trinajstić information content (AvgIpc) is 3.21. The Bertz CT molecular complexity index is 1430.